The van der Waals surface area contributed by atoms with Gasteiger partial charge < -0.3 is 4.90 Å². The lowest BCUT2D eigenvalue weighted by atomic mass is 10.1. The van der Waals surface area contributed by atoms with Crippen LogP contribution >= 0.6 is 0 Å². The third-order valence-corrected chi connectivity index (χ3v) is 5.06. The minimum absolute atomic E-state index is 0.160. The fourth-order valence-corrected chi connectivity index (χ4v) is 3.42. The molecule has 1 aliphatic rings. The molecule has 1 saturated heterocycles. The van der Waals surface area contributed by atoms with Crippen LogP contribution in [0.25, 0.3) is 0 Å². The Labute approximate surface area is 168 Å². The van der Waals surface area contributed by atoms with E-state index < -0.39 is 47.8 Å². The number of aromatic nitrogens is 2. The van der Waals surface area contributed by atoms with Gasteiger partial charge in [-0.1, -0.05) is 12.1 Å². The number of alkyl halides is 4. The number of rotatable bonds is 6. The van der Waals surface area contributed by atoms with E-state index in [1.165, 1.54) is 24.0 Å². The van der Waals surface area contributed by atoms with E-state index in [-0.39, 0.29) is 25.2 Å². The topological polar surface area (TPSA) is 41.4 Å². The molecular weight excluding hydrogens is 414 g/mol. The lowest BCUT2D eigenvalue weighted by molar-refractivity contribution is -0.136. The molecule has 0 saturated carbocycles. The average molecular weight is 434 g/mol. The van der Waals surface area contributed by atoms with Crippen molar-refractivity contribution in [2.45, 2.75) is 32.4 Å². The van der Waals surface area contributed by atoms with Gasteiger partial charge in [0.25, 0.3) is 12.9 Å². The molecule has 0 bridgehead atoms. The summed E-state index contributed by atoms with van der Waals surface area (Å²) in [7, 11) is 0. The van der Waals surface area contributed by atoms with Crippen LogP contribution in [0.2, 0.25) is 0 Å². The highest BCUT2D eigenvalue weighted by Gasteiger charge is 2.31. The molecule has 2 heterocycles. The molecule has 30 heavy (non-hydrogen) atoms. The van der Waals surface area contributed by atoms with Crippen LogP contribution < -0.4 is 0 Å². The second-order valence-corrected chi connectivity index (χ2v) is 7.03. The molecule has 1 atom stereocenters. The van der Waals surface area contributed by atoms with Crippen LogP contribution in [0.3, 0.4) is 0 Å². The Kier molecular flexibility index (Phi) is 6.69. The molecule has 1 aromatic heterocycles. The zero-order chi connectivity index (χ0) is 22.0. The van der Waals surface area contributed by atoms with E-state index >= 15 is 0 Å². The Bertz CT molecular complexity index is 895. The summed E-state index contributed by atoms with van der Waals surface area (Å²) in [5.74, 6) is -2.39. The maximum absolute atomic E-state index is 13.8. The van der Waals surface area contributed by atoms with Crippen molar-refractivity contribution in [1.29, 1.82) is 0 Å². The van der Waals surface area contributed by atoms with Gasteiger partial charge in [0.05, 0.1) is 0 Å². The molecule has 2 aromatic rings. The number of hydrogen-bond donors (Lipinski definition) is 0. The van der Waals surface area contributed by atoms with E-state index in [9.17, 15) is 31.1 Å². The summed E-state index contributed by atoms with van der Waals surface area (Å²) in [4.78, 5) is 16.0. The summed E-state index contributed by atoms with van der Waals surface area (Å²) in [6.45, 7) is 2.66. The van der Waals surface area contributed by atoms with Crippen molar-refractivity contribution in [1.82, 2.24) is 19.6 Å². The van der Waals surface area contributed by atoms with Crippen LogP contribution in [0.15, 0.2) is 24.3 Å². The van der Waals surface area contributed by atoms with Gasteiger partial charge in [0.2, 0.25) is 5.91 Å². The standard InChI is InChI=1S/C19H20F6N4O/c1-11(29-15(18(24)25)9-14(26-29)17(22)23)19(30)28-7-5-27(6-8-28)10-12-3-2-4-13(20)16(12)21/h2-4,9,11,17-18H,5-8,10H2,1H3. The van der Waals surface area contributed by atoms with Crippen molar-refractivity contribution in [3.05, 3.63) is 52.9 Å². The Morgan fingerprint density at radius 2 is 1.73 bits per heavy atom. The van der Waals surface area contributed by atoms with Crippen LogP contribution in [0.4, 0.5) is 26.3 Å². The Morgan fingerprint density at radius 1 is 1.07 bits per heavy atom. The van der Waals surface area contributed by atoms with Gasteiger partial charge in [-0.05, 0) is 19.1 Å². The summed E-state index contributed by atoms with van der Waals surface area (Å²) in [5, 5.41) is 3.49. The number of amides is 1. The molecule has 1 aliphatic heterocycles. The van der Waals surface area contributed by atoms with Gasteiger partial charge in [0.15, 0.2) is 11.6 Å². The maximum Gasteiger partial charge on any atom is 0.282 e. The lowest BCUT2D eigenvalue weighted by Crippen LogP contribution is -2.50. The van der Waals surface area contributed by atoms with Crippen LogP contribution in [0, 0.1) is 11.6 Å². The Hall–Kier alpha value is -2.56. The second kappa shape index (κ2) is 9.07. The summed E-state index contributed by atoms with van der Waals surface area (Å²) in [5.41, 5.74) is -1.36. The molecule has 0 radical (unpaired) electrons. The highest BCUT2D eigenvalue weighted by atomic mass is 19.3. The zero-order valence-electron chi connectivity index (χ0n) is 16.0. The summed E-state index contributed by atoms with van der Waals surface area (Å²) >= 11 is 0. The molecule has 0 N–H and O–H groups in total. The SMILES string of the molecule is CC(C(=O)N1CCN(Cc2cccc(F)c2F)CC1)n1nc(C(F)F)cc1C(F)F. The van der Waals surface area contributed by atoms with Gasteiger partial charge >= 0.3 is 0 Å². The van der Waals surface area contributed by atoms with Crippen LogP contribution in [0.1, 0.15) is 42.8 Å². The molecule has 3 rings (SSSR count). The van der Waals surface area contributed by atoms with Crippen molar-refractivity contribution in [2.75, 3.05) is 26.2 Å². The largest absolute Gasteiger partial charge is 0.338 e. The maximum atomic E-state index is 13.8. The highest BCUT2D eigenvalue weighted by Crippen LogP contribution is 2.28. The summed E-state index contributed by atoms with van der Waals surface area (Å²) in [6, 6.07) is 3.33. The van der Waals surface area contributed by atoms with Gasteiger partial charge in [-0.25, -0.2) is 26.3 Å². The number of halogens is 6. The zero-order valence-corrected chi connectivity index (χ0v) is 16.0. The number of hydrogen-bond acceptors (Lipinski definition) is 3. The minimum Gasteiger partial charge on any atom is -0.338 e. The van der Waals surface area contributed by atoms with Crippen molar-refractivity contribution in [3.8, 4) is 0 Å². The van der Waals surface area contributed by atoms with E-state index in [0.29, 0.717) is 23.8 Å². The van der Waals surface area contributed by atoms with E-state index in [4.69, 9.17) is 0 Å². The first kappa shape index (κ1) is 22.1. The molecular formula is C19H20F6N4O. The van der Waals surface area contributed by atoms with Crippen molar-refractivity contribution in [2.24, 2.45) is 0 Å². The summed E-state index contributed by atoms with van der Waals surface area (Å²) < 4.78 is 79.9. The molecule has 11 heteroatoms. The number of nitrogens with zero attached hydrogens (tertiary/aromatic N) is 4. The predicted molar refractivity (Wildman–Crippen MR) is 95.1 cm³/mol. The van der Waals surface area contributed by atoms with Crippen molar-refractivity contribution in [3.63, 3.8) is 0 Å². The minimum atomic E-state index is -3.06. The molecule has 0 spiro atoms. The fraction of sp³-hybridized carbons (Fsp3) is 0.474. The van der Waals surface area contributed by atoms with E-state index in [1.54, 1.807) is 0 Å². The first-order valence-electron chi connectivity index (χ1n) is 9.28. The molecule has 1 fully saturated rings. The average Bonchev–Trinajstić information content (AvgIpc) is 3.17. The quantitative estimate of drug-likeness (QED) is 0.647. The lowest BCUT2D eigenvalue weighted by Gasteiger charge is -2.36. The van der Waals surface area contributed by atoms with E-state index in [2.05, 4.69) is 5.10 Å². The fourth-order valence-electron chi connectivity index (χ4n) is 3.42. The first-order chi connectivity index (χ1) is 14.2. The van der Waals surface area contributed by atoms with Crippen LogP contribution in [-0.2, 0) is 11.3 Å². The number of carbonyl (C=O) groups excluding carboxylic acids is 1. The van der Waals surface area contributed by atoms with E-state index in [0.717, 1.165) is 6.07 Å². The normalized spacial score (nSPS) is 16.5. The third-order valence-electron chi connectivity index (χ3n) is 5.06. The van der Waals surface area contributed by atoms with Crippen molar-refractivity contribution >= 4 is 5.91 Å². The monoisotopic (exact) mass is 434 g/mol. The summed E-state index contributed by atoms with van der Waals surface area (Å²) in [6.07, 6.45) is -6.09. The van der Waals surface area contributed by atoms with Gasteiger partial charge in [-0.15, -0.1) is 0 Å². The first-order valence-corrected chi connectivity index (χ1v) is 9.28. The van der Waals surface area contributed by atoms with Gasteiger partial charge in [-0.2, -0.15) is 5.10 Å². The van der Waals surface area contributed by atoms with Crippen LogP contribution in [-0.4, -0.2) is 51.7 Å². The van der Waals surface area contributed by atoms with Gasteiger partial charge in [-0.3, -0.25) is 14.4 Å². The molecule has 5 nitrogen and oxygen atoms in total. The molecule has 1 unspecified atom stereocenters. The second-order valence-electron chi connectivity index (χ2n) is 7.03. The smallest absolute Gasteiger partial charge is 0.282 e. The molecule has 0 aliphatic carbocycles. The molecule has 164 valence electrons. The molecule has 1 aromatic carbocycles. The number of benzene rings is 1. The highest BCUT2D eigenvalue weighted by molar-refractivity contribution is 5.80. The number of piperazine rings is 1. The Balaban J connectivity index is 1.64. The van der Waals surface area contributed by atoms with Crippen LogP contribution in [0.5, 0.6) is 0 Å². The number of carbonyl (C=O) groups is 1. The third kappa shape index (κ3) is 4.61. The Morgan fingerprint density at radius 3 is 2.33 bits per heavy atom. The van der Waals surface area contributed by atoms with Crippen molar-refractivity contribution < 1.29 is 31.1 Å². The van der Waals surface area contributed by atoms with E-state index in [1.807, 2.05) is 4.90 Å². The molecule has 1 amide bonds. The predicted octanol–water partition coefficient (Wildman–Crippen LogP) is 3.94. The van der Waals surface area contributed by atoms with Gasteiger partial charge in [0.1, 0.15) is 17.4 Å². The van der Waals surface area contributed by atoms with Gasteiger partial charge in [0, 0.05) is 38.3 Å².